The van der Waals surface area contributed by atoms with Crippen molar-refractivity contribution in [3.63, 3.8) is 0 Å². The van der Waals surface area contributed by atoms with E-state index in [4.69, 9.17) is 0 Å². The first-order chi connectivity index (χ1) is 10.8. The van der Waals surface area contributed by atoms with Crippen LogP contribution in [0.3, 0.4) is 0 Å². The average Bonchev–Trinajstić information content (AvgIpc) is 2.69. The van der Waals surface area contributed by atoms with E-state index in [1.165, 1.54) is 6.07 Å². The summed E-state index contributed by atoms with van der Waals surface area (Å²) in [4.78, 5) is 14.3. The molecule has 2 bridgehead atoms. The molecule has 2 heterocycles. The van der Waals surface area contributed by atoms with Crippen molar-refractivity contribution in [3.8, 4) is 0 Å². The quantitative estimate of drug-likeness (QED) is 0.632. The van der Waals surface area contributed by atoms with Gasteiger partial charge in [0.05, 0.1) is 10.5 Å². The molecule has 0 aliphatic carbocycles. The van der Waals surface area contributed by atoms with Gasteiger partial charge in [0, 0.05) is 43.9 Å². The van der Waals surface area contributed by atoms with Crippen LogP contribution in [0.5, 0.6) is 0 Å². The Hall–Kier alpha value is -1.67. The number of non-ortho nitro benzene ring substituents is 1. The summed E-state index contributed by atoms with van der Waals surface area (Å²) in [5.74, 6) is 0. The number of halogens is 3. The van der Waals surface area contributed by atoms with Gasteiger partial charge in [-0.15, -0.1) is 0 Å². The molecule has 0 radical (unpaired) electrons. The lowest BCUT2D eigenvalue weighted by Crippen LogP contribution is -2.51. The zero-order valence-electron chi connectivity index (χ0n) is 12.7. The highest BCUT2D eigenvalue weighted by Gasteiger charge is 2.41. The van der Waals surface area contributed by atoms with E-state index in [1.807, 2.05) is 7.05 Å². The molecule has 1 aromatic rings. The zero-order chi connectivity index (χ0) is 16.8. The zero-order valence-corrected chi connectivity index (χ0v) is 12.7. The van der Waals surface area contributed by atoms with Crippen molar-refractivity contribution in [2.75, 3.05) is 20.1 Å². The monoisotopic (exact) mass is 329 g/mol. The van der Waals surface area contributed by atoms with Crippen LogP contribution in [0.25, 0.3) is 0 Å². The molecule has 2 atom stereocenters. The molecule has 2 unspecified atom stereocenters. The van der Waals surface area contributed by atoms with E-state index in [0.717, 1.165) is 32.0 Å². The van der Waals surface area contributed by atoms with Gasteiger partial charge in [0.1, 0.15) is 0 Å². The molecule has 2 aliphatic rings. The van der Waals surface area contributed by atoms with E-state index >= 15 is 0 Å². The lowest BCUT2D eigenvalue weighted by molar-refractivity contribution is -0.385. The number of piperazine rings is 1. The van der Waals surface area contributed by atoms with Gasteiger partial charge in [-0.05, 0) is 25.5 Å². The maximum Gasteiger partial charge on any atom is 0.416 e. The summed E-state index contributed by atoms with van der Waals surface area (Å²) >= 11 is 0. The Morgan fingerprint density at radius 3 is 2.39 bits per heavy atom. The number of likely N-dealkylation sites (tertiary alicyclic amines) is 1. The van der Waals surface area contributed by atoms with E-state index in [0.29, 0.717) is 6.07 Å². The lowest BCUT2D eigenvalue weighted by atomic mass is 10.0. The molecule has 23 heavy (non-hydrogen) atoms. The Balaban J connectivity index is 1.90. The number of benzene rings is 1. The predicted octanol–water partition coefficient (Wildman–Crippen LogP) is 2.89. The Morgan fingerprint density at radius 1 is 1.26 bits per heavy atom. The number of fused-ring (bicyclic) bond motifs is 2. The van der Waals surface area contributed by atoms with Crippen LogP contribution in [0, 0.1) is 10.1 Å². The molecule has 0 amide bonds. The third kappa shape index (κ3) is 3.18. The third-order valence-corrected chi connectivity index (χ3v) is 4.78. The molecule has 126 valence electrons. The van der Waals surface area contributed by atoms with Gasteiger partial charge in [-0.25, -0.2) is 0 Å². The van der Waals surface area contributed by atoms with Crippen LogP contribution in [-0.4, -0.2) is 46.9 Å². The molecule has 3 rings (SSSR count). The Labute approximate surface area is 131 Å². The van der Waals surface area contributed by atoms with E-state index < -0.39 is 22.4 Å². The van der Waals surface area contributed by atoms with Crippen molar-refractivity contribution in [1.82, 2.24) is 9.80 Å². The summed E-state index contributed by atoms with van der Waals surface area (Å²) in [7, 11) is 2.02. The van der Waals surface area contributed by atoms with E-state index in [1.54, 1.807) is 0 Å². The maximum absolute atomic E-state index is 13.3. The highest BCUT2D eigenvalue weighted by Crippen LogP contribution is 2.37. The van der Waals surface area contributed by atoms with Gasteiger partial charge < -0.3 is 4.90 Å². The number of nitro benzene ring substituents is 1. The Morgan fingerprint density at radius 2 is 1.87 bits per heavy atom. The minimum atomic E-state index is -4.59. The third-order valence-electron chi connectivity index (χ3n) is 4.78. The van der Waals surface area contributed by atoms with Gasteiger partial charge in [0.15, 0.2) is 0 Å². The molecule has 5 nitrogen and oxygen atoms in total. The number of hydrogen-bond donors (Lipinski definition) is 0. The van der Waals surface area contributed by atoms with Gasteiger partial charge in [-0.1, -0.05) is 6.07 Å². The van der Waals surface area contributed by atoms with Crippen LogP contribution in [-0.2, 0) is 12.7 Å². The number of likely N-dealkylation sites (N-methyl/N-ethyl adjacent to an activating group) is 1. The fourth-order valence-corrected chi connectivity index (χ4v) is 3.74. The Kier molecular flexibility index (Phi) is 4.05. The van der Waals surface area contributed by atoms with E-state index in [2.05, 4.69) is 9.80 Å². The highest BCUT2D eigenvalue weighted by molar-refractivity contribution is 5.41. The minimum Gasteiger partial charge on any atom is -0.303 e. The maximum atomic E-state index is 13.3. The number of nitrogens with zero attached hydrogens (tertiary/aromatic N) is 3. The topological polar surface area (TPSA) is 49.6 Å². The first-order valence-corrected chi connectivity index (χ1v) is 7.54. The second kappa shape index (κ2) is 5.76. The van der Waals surface area contributed by atoms with Crippen LogP contribution < -0.4 is 0 Å². The van der Waals surface area contributed by atoms with Crippen LogP contribution in [0.1, 0.15) is 24.0 Å². The van der Waals surface area contributed by atoms with Crippen molar-refractivity contribution >= 4 is 5.69 Å². The number of alkyl halides is 3. The lowest BCUT2D eigenvalue weighted by Gasteiger charge is -2.39. The number of nitro groups is 1. The molecule has 2 fully saturated rings. The molecule has 0 saturated carbocycles. The summed E-state index contributed by atoms with van der Waals surface area (Å²) in [5, 5.41) is 10.8. The molecule has 2 aliphatic heterocycles. The van der Waals surface area contributed by atoms with Gasteiger partial charge in [0.2, 0.25) is 0 Å². The summed E-state index contributed by atoms with van der Waals surface area (Å²) in [6.45, 7) is 1.89. The first kappa shape index (κ1) is 16.2. The fourth-order valence-electron chi connectivity index (χ4n) is 3.74. The standard InChI is InChI=1S/C15H18F3N3O2/c1-19-8-12-4-5-13(9-19)20(12)7-10-2-3-11(21(22)23)6-14(10)15(16,17)18/h2-3,6,12-13H,4-5,7-9H2,1H3. The van der Waals surface area contributed by atoms with Crippen molar-refractivity contribution in [2.24, 2.45) is 0 Å². The van der Waals surface area contributed by atoms with E-state index in [9.17, 15) is 23.3 Å². The average molecular weight is 329 g/mol. The predicted molar refractivity (Wildman–Crippen MR) is 77.9 cm³/mol. The first-order valence-electron chi connectivity index (χ1n) is 7.54. The minimum absolute atomic E-state index is 0.115. The smallest absolute Gasteiger partial charge is 0.303 e. The van der Waals surface area contributed by atoms with Crippen molar-refractivity contribution < 1.29 is 18.1 Å². The van der Waals surface area contributed by atoms with Crippen LogP contribution in [0.15, 0.2) is 18.2 Å². The van der Waals surface area contributed by atoms with Gasteiger partial charge in [0.25, 0.3) is 5.69 Å². The van der Waals surface area contributed by atoms with Crippen molar-refractivity contribution in [1.29, 1.82) is 0 Å². The molecular weight excluding hydrogens is 311 g/mol. The molecule has 0 N–H and O–H groups in total. The Bertz CT molecular complexity index is 606. The number of hydrogen-bond acceptors (Lipinski definition) is 4. The van der Waals surface area contributed by atoms with Crippen LogP contribution >= 0.6 is 0 Å². The fraction of sp³-hybridized carbons (Fsp3) is 0.600. The molecular formula is C15H18F3N3O2. The van der Waals surface area contributed by atoms with Gasteiger partial charge in [-0.3, -0.25) is 15.0 Å². The molecule has 0 aromatic heterocycles. The second-order valence-electron chi connectivity index (χ2n) is 6.37. The van der Waals surface area contributed by atoms with Crippen LogP contribution in [0.4, 0.5) is 18.9 Å². The molecule has 8 heteroatoms. The van der Waals surface area contributed by atoms with Gasteiger partial charge >= 0.3 is 6.18 Å². The summed E-state index contributed by atoms with van der Waals surface area (Å²) in [6.07, 6.45) is -2.61. The van der Waals surface area contributed by atoms with E-state index in [-0.39, 0.29) is 24.2 Å². The second-order valence-corrected chi connectivity index (χ2v) is 6.37. The van der Waals surface area contributed by atoms with Gasteiger partial charge in [-0.2, -0.15) is 13.2 Å². The van der Waals surface area contributed by atoms with Crippen molar-refractivity contribution in [2.45, 2.75) is 37.6 Å². The highest BCUT2D eigenvalue weighted by atomic mass is 19.4. The summed E-state index contributed by atoms with van der Waals surface area (Å²) in [5.41, 5.74) is -1.31. The van der Waals surface area contributed by atoms with Crippen molar-refractivity contribution in [3.05, 3.63) is 39.4 Å². The molecule has 1 aromatic carbocycles. The molecule has 0 spiro atoms. The largest absolute Gasteiger partial charge is 0.416 e. The van der Waals surface area contributed by atoms with Crippen LogP contribution in [0.2, 0.25) is 0 Å². The summed E-state index contributed by atoms with van der Waals surface area (Å²) < 4.78 is 39.8. The summed E-state index contributed by atoms with van der Waals surface area (Å²) in [6, 6.07) is 3.57. The normalized spacial score (nSPS) is 25.7. The molecule has 2 saturated heterocycles. The number of rotatable bonds is 3. The SMILES string of the molecule is CN1CC2CCC(C1)N2Cc1ccc([N+](=O)[O-])cc1C(F)(F)F.